The van der Waals surface area contributed by atoms with Crippen LogP contribution in [0.3, 0.4) is 0 Å². The third-order valence-corrected chi connectivity index (χ3v) is 7.37. The Balaban J connectivity index is 3.60. The summed E-state index contributed by atoms with van der Waals surface area (Å²) in [7, 11) is 0. The van der Waals surface area contributed by atoms with Gasteiger partial charge in [0.05, 0.1) is 19.1 Å². The van der Waals surface area contributed by atoms with Crippen LogP contribution >= 0.6 is 0 Å². The number of nitrogens with one attached hydrogen (secondary N) is 7. The van der Waals surface area contributed by atoms with Crippen LogP contribution in [-0.2, 0) is 43.2 Å². The van der Waals surface area contributed by atoms with Crippen molar-refractivity contribution in [3.63, 3.8) is 0 Å². The first-order valence-electron chi connectivity index (χ1n) is 16.0. The van der Waals surface area contributed by atoms with E-state index < -0.39 is 127 Å². The fraction of sp³-hybridized carbons (Fsp3) is 0.655. The minimum absolute atomic E-state index is 0.0534. The SMILES string of the molecule is CC(C)[C@@H]1NC(=O)[C@H](CCCN=C(N)N)NC(=O)CNC(=O)[C@H]([C@@H](C)O)NC(=O)[C@H](CCC(=O)O)NC(=O)[C@H](C)NC(=O)[C@H](CC(=O)O)NC1=O. The van der Waals surface area contributed by atoms with Gasteiger partial charge in [0.25, 0.3) is 0 Å². The summed E-state index contributed by atoms with van der Waals surface area (Å²) in [5.74, 6) is -10.8. The van der Waals surface area contributed by atoms with Crippen LogP contribution in [-0.4, -0.2) is 130 Å². The Kier molecular flexibility index (Phi) is 17.8. The molecule has 22 nitrogen and oxygen atoms in total. The maximum absolute atomic E-state index is 13.4. The first kappa shape index (κ1) is 43.5. The highest BCUT2D eigenvalue weighted by Gasteiger charge is 2.35. The number of aliphatic carboxylic acids is 2. The van der Waals surface area contributed by atoms with Crippen molar-refractivity contribution in [2.24, 2.45) is 22.4 Å². The molecule has 1 saturated heterocycles. The molecule has 22 heteroatoms. The highest BCUT2D eigenvalue weighted by molar-refractivity contribution is 5.98. The summed E-state index contributed by atoms with van der Waals surface area (Å²) < 4.78 is 0. The van der Waals surface area contributed by atoms with Crippen molar-refractivity contribution in [3.8, 4) is 0 Å². The monoisotopic (exact) mass is 728 g/mol. The standard InChI is InChI=1S/C29H48N10O12/c1-12(2)21-28(51)37-17(10-20(44)45)26(49)34-13(3)23(46)36-16(7-8-19(42)43)25(48)39-22(14(4)40)27(50)33-11-18(41)35-15(24(47)38-21)6-5-9-32-29(30)31/h12-17,21-22,40H,5-11H2,1-4H3,(H,33,50)(H,34,49)(H,35,41)(H,36,46)(H,37,51)(H,38,47)(H,39,48)(H,42,43)(H,44,45)(H4,30,31,32)/t13-,14+,15-,16-,17-,21-,22-/m0/s1. The number of carboxylic acids is 2. The van der Waals surface area contributed by atoms with Crippen molar-refractivity contribution in [2.45, 2.75) is 102 Å². The lowest BCUT2D eigenvalue weighted by molar-refractivity contribution is -0.142. The van der Waals surface area contributed by atoms with Crippen LogP contribution in [0.1, 0.15) is 59.8 Å². The van der Waals surface area contributed by atoms with E-state index in [9.17, 15) is 53.4 Å². The molecule has 0 saturated carbocycles. The number of aliphatic imine (C=N–C) groups is 1. The first-order valence-corrected chi connectivity index (χ1v) is 16.0. The van der Waals surface area contributed by atoms with Crippen molar-refractivity contribution < 1.29 is 58.5 Å². The van der Waals surface area contributed by atoms with Gasteiger partial charge in [-0.3, -0.25) is 48.1 Å². The highest BCUT2D eigenvalue weighted by Crippen LogP contribution is 2.08. The zero-order valence-electron chi connectivity index (χ0n) is 28.7. The Morgan fingerprint density at radius 3 is 1.80 bits per heavy atom. The lowest BCUT2D eigenvalue weighted by Gasteiger charge is -2.27. The van der Waals surface area contributed by atoms with Gasteiger partial charge in [-0.2, -0.15) is 0 Å². The minimum Gasteiger partial charge on any atom is -0.481 e. The van der Waals surface area contributed by atoms with Gasteiger partial charge in [0.15, 0.2) is 5.96 Å². The Labute approximate surface area is 292 Å². The smallest absolute Gasteiger partial charge is 0.305 e. The Bertz CT molecular complexity index is 1350. The van der Waals surface area contributed by atoms with Gasteiger partial charge in [-0.15, -0.1) is 0 Å². The number of carboxylic acid groups (broad SMARTS) is 2. The number of nitrogens with two attached hydrogens (primary N) is 2. The van der Waals surface area contributed by atoms with Gasteiger partial charge in [0.1, 0.15) is 36.3 Å². The Morgan fingerprint density at radius 2 is 1.27 bits per heavy atom. The number of aliphatic hydroxyl groups is 1. The van der Waals surface area contributed by atoms with E-state index in [0.29, 0.717) is 0 Å². The van der Waals surface area contributed by atoms with Crippen LogP contribution in [0.25, 0.3) is 0 Å². The van der Waals surface area contributed by atoms with Crippen LogP contribution in [0.5, 0.6) is 0 Å². The van der Waals surface area contributed by atoms with Crippen molar-refractivity contribution in [3.05, 3.63) is 0 Å². The van der Waals surface area contributed by atoms with E-state index in [2.05, 4.69) is 42.2 Å². The quantitative estimate of drug-likeness (QED) is 0.0537. The summed E-state index contributed by atoms with van der Waals surface area (Å²) in [5.41, 5.74) is 10.7. The van der Waals surface area contributed by atoms with Gasteiger partial charge in [-0.25, -0.2) is 0 Å². The predicted molar refractivity (Wildman–Crippen MR) is 176 cm³/mol. The van der Waals surface area contributed by atoms with Crippen molar-refractivity contribution in [1.29, 1.82) is 0 Å². The highest BCUT2D eigenvalue weighted by atomic mass is 16.4. The molecule has 0 aromatic carbocycles. The molecule has 0 radical (unpaired) electrons. The molecule has 0 aromatic heterocycles. The summed E-state index contributed by atoms with van der Waals surface area (Å²) in [6.07, 6.45) is -3.54. The summed E-state index contributed by atoms with van der Waals surface area (Å²) in [6, 6.07) is -9.26. The van der Waals surface area contributed by atoms with E-state index in [4.69, 9.17) is 16.6 Å². The number of nitrogens with zero attached hydrogens (tertiary/aromatic N) is 1. The van der Waals surface area contributed by atoms with E-state index in [0.717, 1.165) is 13.8 Å². The third kappa shape index (κ3) is 15.7. The second-order valence-corrected chi connectivity index (χ2v) is 12.1. The number of hydrogen-bond donors (Lipinski definition) is 12. The van der Waals surface area contributed by atoms with Gasteiger partial charge in [-0.05, 0) is 39.0 Å². The van der Waals surface area contributed by atoms with Crippen molar-refractivity contribution in [1.82, 2.24) is 37.2 Å². The number of hydrogen-bond acceptors (Lipinski definition) is 11. The van der Waals surface area contributed by atoms with Crippen molar-refractivity contribution in [2.75, 3.05) is 13.1 Å². The summed E-state index contributed by atoms with van der Waals surface area (Å²) in [4.78, 5) is 119. The molecule has 1 fully saturated rings. The molecule has 286 valence electrons. The molecule has 0 spiro atoms. The summed E-state index contributed by atoms with van der Waals surface area (Å²) in [6.45, 7) is 4.68. The molecule has 14 N–H and O–H groups in total. The molecular weight excluding hydrogens is 680 g/mol. The lowest BCUT2D eigenvalue weighted by atomic mass is 10.0. The fourth-order valence-electron chi connectivity index (χ4n) is 4.60. The van der Waals surface area contributed by atoms with E-state index >= 15 is 0 Å². The summed E-state index contributed by atoms with van der Waals surface area (Å²) in [5, 5.41) is 44.9. The average Bonchev–Trinajstić information content (AvgIpc) is 3.02. The summed E-state index contributed by atoms with van der Waals surface area (Å²) >= 11 is 0. The molecule has 0 unspecified atom stereocenters. The molecule has 1 heterocycles. The Hall–Kier alpha value is -5.54. The molecule has 0 bridgehead atoms. The maximum Gasteiger partial charge on any atom is 0.305 e. The lowest BCUT2D eigenvalue weighted by Crippen LogP contribution is -2.60. The molecule has 0 aromatic rings. The topological polar surface area (TPSA) is 363 Å². The second-order valence-electron chi connectivity index (χ2n) is 12.1. The number of aliphatic hydroxyl groups excluding tert-OH is 1. The molecule has 51 heavy (non-hydrogen) atoms. The van der Waals surface area contributed by atoms with Gasteiger partial charge >= 0.3 is 11.9 Å². The van der Waals surface area contributed by atoms with E-state index in [1.807, 2.05) is 0 Å². The zero-order valence-corrected chi connectivity index (χ0v) is 28.7. The van der Waals surface area contributed by atoms with Gasteiger partial charge in [-0.1, -0.05) is 13.8 Å². The van der Waals surface area contributed by atoms with Gasteiger partial charge in [0.2, 0.25) is 41.4 Å². The molecule has 1 rings (SSSR count). The minimum atomic E-state index is -1.76. The zero-order chi connectivity index (χ0) is 39.0. The molecule has 1 aliphatic heterocycles. The van der Waals surface area contributed by atoms with Crippen LogP contribution in [0.15, 0.2) is 4.99 Å². The van der Waals surface area contributed by atoms with E-state index in [1.165, 1.54) is 0 Å². The maximum atomic E-state index is 13.4. The van der Waals surface area contributed by atoms with Crippen LogP contribution in [0.2, 0.25) is 0 Å². The molecular formula is C29H48N10O12. The molecule has 7 atom stereocenters. The van der Waals surface area contributed by atoms with Crippen molar-refractivity contribution >= 4 is 59.2 Å². The van der Waals surface area contributed by atoms with Crippen LogP contribution < -0.4 is 48.7 Å². The van der Waals surface area contributed by atoms with Gasteiger partial charge < -0.3 is 64.0 Å². The fourth-order valence-corrected chi connectivity index (χ4v) is 4.60. The van der Waals surface area contributed by atoms with E-state index in [-0.39, 0.29) is 25.3 Å². The largest absolute Gasteiger partial charge is 0.481 e. The van der Waals surface area contributed by atoms with E-state index in [1.54, 1.807) is 13.8 Å². The Morgan fingerprint density at radius 1 is 0.725 bits per heavy atom. The average molecular weight is 729 g/mol. The number of amides is 7. The number of rotatable bonds is 11. The first-order chi connectivity index (χ1) is 23.7. The third-order valence-electron chi connectivity index (χ3n) is 7.37. The number of carbonyl (C=O) groups is 9. The second kappa shape index (κ2) is 20.9. The van der Waals surface area contributed by atoms with Gasteiger partial charge in [0, 0.05) is 13.0 Å². The molecule has 7 amide bonds. The predicted octanol–water partition coefficient (Wildman–Crippen LogP) is -5.53. The van der Waals surface area contributed by atoms with Crippen LogP contribution in [0, 0.1) is 5.92 Å². The van der Waals surface area contributed by atoms with Crippen LogP contribution in [0.4, 0.5) is 0 Å². The number of guanidine groups is 1. The number of carbonyl (C=O) groups excluding carboxylic acids is 7. The normalized spacial score (nSPS) is 25.3. The molecule has 1 aliphatic rings. The molecule has 0 aliphatic carbocycles.